The molecule has 32 heteroatoms. The molecule has 0 amide bonds. The zero-order valence-electron chi connectivity index (χ0n) is 32.4. The maximum absolute atomic E-state index is 12.6. The number of rotatable bonds is 8. The third kappa shape index (κ3) is 7.29. The Labute approximate surface area is 375 Å². The Kier molecular flexibility index (Phi) is 9.67. The van der Waals surface area contributed by atoms with Crippen LogP contribution in [-0.4, -0.2) is 136 Å². The number of benzene rings is 4. The Hall–Kier alpha value is -8.24. The molecule has 0 fully saturated rings. The van der Waals surface area contributed by atoms with Gasteiger partial charge in [0.25, 0.3) is 40.5 Å². The first-order valence-electron chi connectivity index (χ1n) is 17.9. The highest BCUT2D eigenvalue weighted by Crippen LogP contribution is 2.43. The monoisotopic (exact) mass is 1010 g/mol. The number of hydrogen-bond donors (Lipinski definition) is 10. The molecule has 6 aromatic rings. The van der Waals surface area contributed by atoms with Gasteiger partial charge in [-0.25, -0.2) is 49.1 Å². The molecule has 0 atom stereocenters. The average Bonchev–Trinajstić information content (AvgIpc) is 3.95. The van der Waals surface area contributed by atoms with Crippen LogP contribution in [0, 0.1) is 0 Å². The van der Waals surface area contributed by atoms with E-state index in [-0.39, 0.29) is 16.3 Å². The average molecular weight is 1010 g/mol. The van der Waals surface area contributed by atoms with Crippen LogP contribution in [0.4, 0.5) is 0 Å². The molecule has 3 aliphatic rings. The fraction of sp³-hybridized carbons (Fsp3) is 0. The number of aromatic nitrogens is 8. The number of nitrogens with one attached hydrogen (secondary N) is 2. The van der Waals surface area contributed by atoms with E-state index in [4.69, 9.17) is 0 Å². The van der Waals surface area contributed by atoms with Crippen molar-refractivity contribution in [3.63, 3.8) is 0 Å². The topological polar surface area (TPSA) is 476 Å². The molecule has 8 bridgehead atoms. The molecule has 0 saturated heterocycles. The third-order valence-electron chi connectivity index (χ3n) is 10.3. The van der Waals surface area contributed by atoms with Crippen molar-refractivity contribution in [1.29, 1.82) is 0 Å². The molecule has 4 aromatic carbocycles. The van der Waals surface area contributed by atoms with E-state index in [0.29, 0.717) is 42.5 Å². The molecule has 28 nitrogen and oxygen atoms in total. The Bertz CT molecular complexity index is 4170. The van der Waals surface area contributed by atoms with Gasteiger partial charge in [0.05, 0.1) is 22.3 Å². The standard InChI is InChI=1S/C36H18N8O20S4/c45-33(46)17-1-9-13(5-21(17)65(53,54)55)29-37-25(9)41-30-14-6-22(66(56,57)58)18(34(47)48)2-10(14)27(38-30)43-32-16-8-24(68(62,63)64)20(36(51)52)4-12(16)28(40-32)44-31-15-7-23(67(59,60)61)19(35(49)50)3-11(15)26(39-31)42-29/h1-8H,(H,45,46)(H,47,48)(H,49,50)(H,51,52)(H,53,54,55)(H,56,57,58)(H,59,60,61)(H,62,63,64)(H2,37,38,39,40,41,42,43,44). The van der Waals surface area contributed by atoms with Crippen molar-refractivity contribution in [3.8, 4) is 68.3 Å². The lowest BCUT2D eigenvalue weighted by molar-refractivity contribution is 0.0682. The van der Waals surface area contributed by atoms with Gasteiger partial charge < -0.3 is 30.4 Å². The molecule has 68 heavy (non-hydrogen) atoms. The predicted molar refractivity (Wildman–Crippen MR) is 221 cm³/mol. The number of aromatic amines is 2. The molecular weight excluding hydrogens is 993 g/mol. The number of nitrogens with zero attached hydrogens (tertiary/aromatic N) is 6. The smallest absolute Gasteiger partial charge is 0.337 e. The first-order chi connectivity index (χ1) is 31.5. The van der Waals surface area contributed by atoms with E-state index < -0.39 is 180 Å². The van der Waals surface area contributed by atoms with Crippen LogP contribution in [0.5, 0.6) is 0 Å². The second-order valence-electron chi connectivity index (χ2n) is 14.3. The number of hydrogen-bond acceptors (Lipinski definition) is 18. The molecule has 2 aromatic heterocycles. The van der Waals surface area contributed by atoms with Gasteiger partial charge in [0.15, 0.2) is 29.1 Å². The van der Waals surface area contributed by atoms with Crippen molar-refractivity contribution >= 4 is 86.4 Å². The van der Waals surface area contributed by atoms with Crippen LogP contribution in [0.2, 0.25) is 0 Å². The highest BCUT2D eigenvalue weighted by atomic mass is 32.2. The molecule has 0 saturated carbocycles. The fourth-order valence-electron chi connectivity index (χ4n) is 7.42. The van der Waals surface area contributed by atoms with Gasteiger partial charge in [0, 0.05) is 44.2 Å². The predicted octanol–water partition coefficient (Wildman–Crippen LogP) is 2.55. The van der Waals surface area contributed by atoms with Gasteiger partial charge >= 0.3 is 23.9 Å². The Balaban J connectivity index is 1.55. The van der Waals surface area contributed by atoms with Crippen LogP contribution in [0.25, 0.3) is 90.4 Å². The molecule has 0 radical (unpaired) electrons. The summed E-state index contributed by atoms with van der Waals surface area (Å²) in [6, 6.07) is 5.30. The summed E-state index contributed by atoms with van der Waals surface area (Å²) in [6.45, 7) is 0. The van der Waals surface area contributed by atoms with Crippen LogP contribution < -0.4 is 0 Å². The quantitative estimate of drug-likeness (QED) is 0.0978. The van der Waals surface area contributed by atoms with Crippen molar-refractivity contribution in [3.05, 3.63) is 70.8 Å². The summed E-state index contributed by atoms with van der Waals surface area (Å²) in [4.78, 5) is 76.2. The molecule has 10 N–H and O–H groups in total. The summed E-state index contributed by atoms with van der Waals surface area (Å²) in [6.07, 6.45) is 0. The van der Waals surface area contributed by atoms with E-state index in [1.807, 2.05) is 0 Å². The number of carboxylic acids is 4. The first kappa shape index (κ1) is 44.9. The molecule has 3 aliphatic heterocycles. The summed E-state index contributed by atoms with van der Waals surface area (Å²) in [5.41, 5.74) is -7.49. The van der Waals surface area contributed by atoms with E-state index in [1.165, 1.54) is 0 Å². The minimum atomic E-state index is -5.38. The van der Waals surface area contributed by atoms with Crippen molar-refractivity contribution in [2.75, 3.05) is 0 Å². The first-order valence-corrected chi connectivity index (χ1v) is 23.7. The number of H-pyrrole nitrogens is 2. The second-order valence-corrected chi connectivity index (χ2v) is 19.9. The van der Waals surface area contributed by atoms with E-state index in [9.17, 15) is 91.5 Å². The van der Waals surface area contributed by atoms with Crippen molar-refractivity contribution in [2.45, 2.75) is 19.6 Å². The summed E-state index contributed by atoms with van der Waals surface area (Å²) in [5.74, 6) is -11.2. The molecular formula is C36H18N8O20S4. The van der Waals surface area contributed by atoms with Crippen LogP contribution in [0.15, 0.2) is 68.1 Å². The van der Waals surface area contributed by atoms with Gasteiger partial charge in [-0.15, -0.1) is 0 Å². The van der Waals surface area contributed by atoms with Crippen LogP contribution in [0.1, 0.15) is 41.4 Å². The van der Waals surface area contributed by atoms with Crippen LogP contribution >= 0.6 is 0 Å². The molecule has 0 aliphatic carbocycles. The van der Waals surface area contributed by atoms with Crippen molar-refractivity contribution in [1.82, 2.24) is 39.9 Å². The van der Waals surface area contributed by atoms with Crippen LogP contribution in [-0.2, 0) is 40.5 Å². The number of carbonyl (C=O) groups is 4. The van der Waals surface area contributed by atoms with Gasteiger partial charge in [-0.1, -0.05) is 0 Å². The minimum absolute atomic E-state index is 0.325. The lowest BCUT2D eigenvalue weighted by Crippen LogP contribution is -2.09. The third-order valence-corrected chi connectivity index (χ3v) is 13.8. The summed E-state index contributed by atoms with van der Waals surface area (Å²) in [5, 5.41) is 39.4. The fourth-order valence-corrected chi connectivity index (χ4v) is 10.2. The van der Waals surface area contributed by atoms with Crippen molar-refractivity contribution in [2.24, 2.45) is 0 Å². The summed E-state index contributed by atoms with van der Waals surface area (Å²) < 4.78 is 141. The van der Waals surface area contributed by atoms with Gasteiger partial charge in [-0.3, -0.25) is 18.2 Å². The SMILES string of the molecule is O=C(O)c1cc2c(cc1S(=O)(=O)O)-c1nc3nc(nc4[nH]c([nH]c5nc(nc-2n1)-c1cc(S(=O)(=O)O)c(C(=O)O)cc1-5)c1cc(S(=O)(=O)O)c(C(=O)O)cc41)-c1cc(S(=O)(=O)O)c(C(=O)O)cc1-3. The molecule has 9 rings (SSSR count). The van der Waals surface area contributed by atoms with Gasteiger partial charge in [-0.05, 0) is 48.5 Å². The second kappa shape index (κ2) is 14.6. The van der Waals surface area contributed by atoms with Crippen LogP contribution in [0.3, 0.4) is 0 Å². The van der Waals surface area contributed by atoms with E-state index >= 15 is 0 Å². The summed E-state index contributed by atoms with van der Waals surface area (Å²) >= 11 is 0. The highest BCUT2D eigenvalue weighted by Gasteiger charge is 2.34. The van der Waals surface area contributed by atoms with E-state index in [2.05, 4.69) is 39.9 Å². The van der Waals surface area contributed by atoms with Gasteiger partial charge in [0.1, 0.15) is 36.7 Å². The summed E-state index contributed by atoms with van der Waals surface area (Å²) in [7, 11) is -21.5. The minimum Gasteiger partial charge on any atom is -0.478 e. The maximum atomic E-state index is 12.6. The normalized spacial score (nSPS) is 12.8. The maximum Gasteiger partial charge on any atom is 0.337 e. The number of aromatic carboxylic acids is 4. The zero-order chi connectivity index (χ0) is 49.5. The Morgan fingerprint density at radius 2 is 0.676 bits per heavy atom. The van der Waals surface area contributed by atoms with E-state index in [0.717, 1.165) is 6.07 Å². The molecule has 346 valence electrons. The lowest BCUT2D eigenvalue weighted by Gasteiger charge is -2.08. The molecule has 0 unspecified atom stereocenters. The Morgan fingerprint density at radius 1 is 0.368 bits per heavy atom. The Morgan fingerprint density at radius 3 is 1.06 bits per heavy atom. The molecule has 0 spiro atoms. The van der Waals surface area contributed by atoms with Crippen molar-refractivity contribution < 1.29 is 91.5 Å². The van der Waals surface area contributed by atoms with Gasteiger partial charge in [0.2, 0.25) is 0 Å². The number of carboxylic acid groups (broad SMARTS) is 4. The zero-order valence-corrected chi connectivity index (χ0v) is 35.7. The lowest BCUT2D eigenvalue weighted by atomic mass is 10.0. The number of fused-ring (bicyclic) bond motifs is 20. The van der Waals surface area contributed by atoms with Gasteiger partial charge in [-0.2, -0.15) is 33.7 Å². The van der Waals surface area contributed by atoms with E-state index in [1.54, 1.807) is 0 Å². The highest BCUT2D eigenvalue weighted by molar-refractivity contribution is 7.86. The molecule has 5 heterocycles. The largest absolute Gasteiger partial charge is 0.478 e.